The van der Waals surface area contributed by atoms with E-state index in [-0.39, 0.29) is 11.6 Å². The smallest absolute Gasteiger partial charge is 0.326 e. The molecule has 1 atom stereocenters. The molecule has 6 nitrogen and oxygen atoms in total. The van der Waals surface area contributed by atoms with Crippen molar-refractivity contribution < 1.29 is 14.7 Å². The molecule has 120 valence electrons. The molecule has 0 aliphatic carbocycles. The topological polar surface area (TPSA) is 75.4 Å². The van der Waals surface area contributed by atoms with Crippen LogP contribution in [0.2, 0.25) is 0 Å². The highest BCUT2D eigenvalue weighted by molar-refractivity contribution is 9.10. The molecule has 1 fully saturated rings. The highest BCUT2D eigenvalue weighted by atomic mass is 79.9. The summed E-state index contributed by atoms with van der Waals surface area (Å²) in [6.07, 6.45) is 1.20. The number of halogens is 1. The van der Waals surface area contributed by atoms with Gasteiger partial charge in [-0.05, 0) is 50.1 Å². The number of hydrogen-bond donors (Lipinski definition) is 1. The van der Waals surface area contributed by atoms with Crippen LogP contribution in [0.4, 0.5) is 0 Å². The highest BCUT2D eigenvalue weighted by Gasteiger charge is 2.35. The minimum absolute atomic E-state index is 0.276. The first-order chi connectivity index (χ1) is 11.0. The number of carbonyl (C=O) groups excluding carboxylic acids is 1. The molecule has 0 spiro atoms. The summed E-state index contributed by atoms with van der Waals surface area (Å²) in [5.41, 5.74) is 1.95. The summed E-state index contributed by atoms with van der Waals surface area (Å²) in [7, 11) is 0. The van der Waals surface area contributed by atoms with E-state index in [1.165, 1.54) is 4.90 Å². The molecule has 1 saturated heterocycles. The fourth-order valence-electron chi connectivity index (χ4n) is 2.84. The average Bonchev–Trinajstić information content (AvgIpc) is 3.14. The zero-order chi connectivity index (χ0) is 16.6. The van der Waals surface area contributed by atoms with E-state index in [0.717, 1.165) is 15.9 Å². The van der Waals surface area contributed by atoms with E-state index in [4.69, 9.17) is 0 Å². The minimum Gasteiger partial charge on any atom is -0.480 e. The second kappa shape index (κ2) is 6.16. The Balaban J connectivity index is 1.90. The van der Waals surface area contributed by atoms with Crippen molar-refractivity contribution in [2.75, 3.05) is 6.54 Å². The van der Waals surface area contributed by atoms with Gasteiger partial charge in [-0.2, -0.15) is 5.10 Å². The maximum absolute atomic E-state index is 12.6. The lowest BCUT2D eigenvalue weighted by Gasteiger charge is -2.20. The second-order valence-corrected chi connectivity index (χ2v) is 6.47. The Morgan fingerprint density at radius 3 is 2.65 bits per heavy atom. The summed E-state index contributed by atoms with van der Waals surface area (Å²) in [6.45, 7) is 2.32. The van der Waals surface area contributed by atoms with Gasteiger partial charge in [-0.25, -0.2) is 9.48 Å². The third-order valence-corrected chi connectivity index (χ3v) is 4.51. The Bertz CT molecular complexity index is 754. The molecule has 1 aromatic carbocycles. The quantitative estimate of drug-likeness (QED) is 0.891. The molecular formula is C16H16BrN3O3. The van der Waals surface area contributed by atoms with Crippen molar-refractivity contribution in [1.82, 2.24) is 14.7 Å². The van der Waals surface area contributed by atoms with Gasteiger partial charge in [-0.3, -0.25) is 4.79 Å². The van der Waals surface area contributed by atoms with Crippen molar-refractivity contribution >= 4 is 27.8 Å². The van der Waals surface area contributed by atoms with Crippen molar-refractivity contribution in [3.8, 4) is 5.69 Å². The molecule has 0 saturated carbocycles. The summed E-state index contributed by atoms with van der Waals surface area (Å²) in [6, 6.07) is 8.54. The maximum Gasteiger partial charge on any atom is 0.326 e. The Kier molecular flexibility index (Phi) is 4.21. The number of amides is 1. The van der Waals surface area contributed by atoms with Crippen molar-refractivity contribution in [3.05, 3.63) is 46.2 Å². The number of likely N-dealkylation sites (tertiary alicyclic amines) is 1. The summed E-state index contributed by atoms with van der Waals surface area (Å²) in [5.74, 6) is -1.28. The van der Waals surface area contributed by atoms with Crippen molar-refractivity contribution in [1.29, 1.82) is 0 Å². The van der Waals surface area contributed by atoms with Crippen LogP contribution in [0.5, 0.6) is 0 Å². The Hall–Kier alpha value is -2.15. The van der Waals surface area contributed by atoms with Gasteiger partial charge in [-0.15, -0.1) is 0 Å². The lowest BCUT2D eigenvalue weighted by molar-refractivity contribution is -0.141. The van der Waals surface area contributed by atoms with E-state index in [0.29, 0.717) is 19.4 Å². The number of rotatable bonds is 3. The Morgan fingerprint density at radius 1 is 1.30 bits per heavy atom. The monoisotopic (exact) mass is 377 g/mol. The van der Waals surface area contributed by atoms with E-state index in [1.54, 1.807) is 10.7 Å². The summed E-state index contributed by atoms with van der Waals surface area (Å²) >= 11 is 3.38. The molecule has 1 N–H and O–H groups in total. The number of aliphatic carboxylic acids is 1. The number of carboxylic acid groups (broad SMARTS) is 1. The molecule has 0 bridgehead atoms. The van der Waals surface area contributed by atoms with Gasteiger partial charge in [0.15, 0.2) is 5.69 Å². The van der Waals surface area contributed by atoms with E-state index >= 15 is 0 Å². The minimum atomic E-state index is -0.958. The molecule has 1 unspecified atom stereocenters. The molecule has 1 amide bonds. The number of carboxylic acids is 1. The van der Waals surface area contributed by atoms with Gasteiger partial charge < -0.3 is 10.0 Å². The first-order valence-corrected chi connectivity index (χ1v) is 8.13. The van der Waals surface area contributed by atoms with Gasteiger partial charge in [0.1, 0.15) is 6.04 Å². The molecule has 0 radical (unpaired) electrons. The molecular weight excluding hydrogens is 362 g/mol. The van der Waals surface area contributed by atoms with Gasteiger partial charge in [0.2, 0.25) is 0 Å². The lowest BCUT2D eigenvalue weighted by atomic mass is 10.2. The number of aromatic nitrogens is 2. The first-order valence-electron chi connectivity index (χ1n) is 7.34. The lowest BCUT2D eigenvalue weighted by Crippen LogP contribution is -2.40. The molecule has 2 heterocycles. The van der Waals surface area contributed by atoms with Gasteiger partial charge in [0.25, 0.3) is 5.91 Å². The number of carbonyl (C=O) groups is 2. The largest absolute Gasteiger partial charge is 0.480 e. The zero-order valence-electron chi connectivity index (χ0n) is 12.6. The predicted molar refractivity (Wildman–Crippen MR) is 87.7 cm³/mol. The van der Waals surface area contributed by atoms with E-state index in [9.17, 15) is 14.7 Å². The third-order valence-electron chi connectivity index (χ3n) is 3.98. The van der Waals surface area contributed by atoms with Crippen LogP contribution in [0.3, 0.4) is 0 Å². The van der Waals surface area contributed by atoms with E-state index in [2.05, 4.69) is 21.0 Å². The molecule has 2 aromatic rings. The number of hydrogen-bond acceptors (Lipinski definition) is 3. The predicted octanol–water partition coefficient (Wildman–Crippen LogP) is 2.63. The Morgan fingerprint density at radius 2 is 2.00 bits per heavy atom. The molecule has 3 rings (SSSR count). The van der Waals surface area contributed by atoms with Crippen LogP contribution in [0, 0.1) is 6.92 Å². The fraction of sp³-hybridized carbons (Fsp3) is 0.312. The molecule has 23 heavy (non-hydrogen) atoms. The standard InChI is InChI=1S/C16H16BrN3O3/c1-10-9-13(15(21)19-8-2-3-14(19)16(22)23)18-20(10)12-6-4-11(17)5-7-12/h4-7,9,14H,2-3,8H2,1H3,(H,22,23). The number of nitrogens with zero attached hydrogens (tertiary/aromatic N) is 3. The van der Waals surface area contributed by atoms with Gasteiger partial charge in [-0.1, -0.05) is 15.9 Å². The SMILES string of the molecule is Cc1cc(C(=O)N2CCCC2C(=O)O)nn1-c1ccc(Br)cc1. The van der Waals surface area contributed by atoms with Crippen LogP contribution < -0.4 is 0 Å². The first kappa shape index (κ1) is 15.7. The average molecular weight is 378 g/mol. The van der Waals surface area contributed by atoms with Gasteiger partial charge >= 0.3 is 5.97 Å². The van der Waals surface area contributed by atoms with E-state index < -0.39 is 12.0 Å². The zero-order valence-corrected chi connectivity index (χ0v) is 14.2. The van der Waals surface area contributed by atoms with Crippen molar-refractivity contribution in [2.24, 2.45) is 0 Å². The molecule has 1 aliphatic heterocycles. The van der Waals surface area contributed by atoms with Crippen LogP contribution in [0.1, 0.15) is 29.0 Å². The van der Waals surface area contributed by atoms with E-state index in [1.807, 2.05) is 31.2 Å². The van der Waals surface area contributed by atoms with Crippen LogP contribution in [0.15, 0.2) is 34.8 Å². The number of benzene rings is 1. The number of aryl methyl sites for hydroxylation is 1. The van der Waals surface area contributed by atoms with Crippen LogP contribution in [0.25, 0.3) is 5.69 Å². The summed E-state index contributed by atoms with van der Waals surface area (Å²) in [4.78, 5) is 25.2. The van der Waals surface area contributed by atoms with Crippen LogP contribution in [-0.4, -0.2) is 44.3 Å². The normalized spacial score (nSPS) is 17.5. The maximum atomic E-state index is 12.6. The second-order valence-electron chi connectivity index (χ2n) is 5.55. The highest BCUT2D eigenvalue weighted by Crippen LogP contribution is 2.21. The van der Waals surface area contributed by atoms with Gasteiger partial charge in [0, 0.05) is 16.7 Å². The fourth-order valence-corrected chi connectivity index (χ4v) is 3.10. The Labute approximate surface area is 141 Å². The van der Waals surface area contributed by atoms with Crippen molar-refractivity contribution in [2.45, 2.75) is 25.8 Å². The van der Waals surface area contributed by atoms with Crippen LogP contribution in [-0.2, 0) is 4.79 Å². The summed E-state index contributed by atoms with van der Waals surface area (Å²) in [5, 5.41) is 13.6. The van der Waals surface area contributed by atoms with Gasteiger partial charge in [0.05, 0.1) is 5.69 Å². The molecule has 7 heteroatoms. The molecule has 1 aromatic heterocycles. The summed E-state index contributed by atoms with van der Waals surface area (Å²) < 4.78 is 2.65. The third kappa shape index (κ3) is 3.01. The van der Waals surface area contributed by atoms with Crippen LogP contribution >= 0.6 is 15.9 Å². The molecule has 1 aliphatic rings. The van der Waals surface area contributed by atoms with Crippen molar-refractivity contribution in [3.63, 3.8) is 0 Å².